The van der Waals surface area contributed by atoms with Crippen molar-refractivity contribution in [1.82, 2.24) is 0 Å². The smallest absolute Gasteiger partial charge is 0.0319 e. The average Bonchev–Trinajstić information content (AvgIpc) is 2.28. The van der Waals surface area contributed by atoms with Crippen molar-refractivity contribution in [3.63, 3.8) is 0 Å². The van der Waals surface area contributed by atoms with Crippen LogP contribution in [0.5, 0.6) is 0 Å². The average molecular weight is 231 g/mol. The fraction of sp³-hybridized carbons (Fsp3) is 0.625. The zero-order chi connectivity index (χ0) is 12.5. The zero-order valence-electron chi connectivity index (χ0n) is 11.4. The lowest BCUT2D eigenvalue weighted by atomic mass is 9.80. The number of hydrogen-bond acceptors (Lipinski definition) is 1. The fourth-order valence-electron chi connectivity index (χ4n) is 2.78. The maximum atomic E-state index is 6.06. The van der Waals surface area contributed by atoms with E-state index in [1.165, 1.54) is 43.2 Å². The van der Waals surface area contributed by atoms with E-state index in [9.17, 15) is 0 Å². The number of nitrogens with two attached hydrogens (primary N) is 1. The predicted octanol–water partition coefficient (Wildman–Crippen LogP) is 4.61. The molecule has 0 aliphatic heterocycles. The summed E-state index contributed by atoms with van der Waals surface area (Å²) in [6.07, 6.45) is 6.85. The summed E-state index contributed by atoms with van der Waals surface area (Å²) in [7, 11) is 0. The van der Waals surface area contributed by atoms with Crippen molar-refractivity contribution in [3.8, 4) is 0 Å². The third-order valence-electron chi connectivity index (χ3n) is 3.92. The molecule has 17 heavy (non-hydrogen) atoms. The molecular formula is C16H25N. The van der Waals surface area contributed by atoms with Gasteiger partial charge in [0.25, 0.3) is 0 Å². The molecule has 1 aromatic rings. The summed E-state index contributed by atoms with van der Waals surface area (Å²) >= 11 is 0. The Morgan fingerprint density at radius 3 is 2.24 bits per heavy atom. The molecule has 2 rings (SSSR count). The van der Waals surface area contributed by atoms with Crippen molar-refractivity contribution in [2.24, 2.45) is 0 Å². The number of rotatable bonds is 1. The van der Waals surface area contributed by atoms with Gasteiger partial charge in [0, 0.05) is 5.69 Å². The lowest BCUT2D eigenvalue weighted by molar-refractivity contribution is 0.443. The van der Waals surface area contributed by atoms with Gasteiger partial charge in [0.15, 0.2) is 0 Å². The van der Waals surface area contributed by atoms with Crippen molar-refractivity contribution in [1.29, 1.82) is 0 Å². The van der Waals surface area contributed by atoms with E-state index >= 15 is 0 Å². The maximum absolute atomic E-state index is 6.06. The normalized spacial score (nSPS) is 18.3. The molecule has 0 bridgehead atoms. The van der Waals surface area contributed by atoms with Crippen molar-refractivity contribution in [3.05, 3.63) is 29.3 Å². The standard InChI is InChI=1S/C16H25N/c1-16(2,3)14-9-13(10-15(17)11-14)12-7-5-4-6-8-12/h9-12H,4-8,17H2,1-3H3. The first-order chi connectivity index (χ1) is 7.97. The predicted molar refractivity (Wildman–Crippen MR) is 75.4 cm³/mol. The molecule has 0 radical (unpaired) electrons. The van der Waals surface area contributed by atoms with Crippen LogP contribution in [-0.2, 0) is 5.41 Å². The number of nitrogen functional groups attached to an aromatic ring is 1. The quantitative estimate of drug-likeness (QED) is 0.701. The lowest BCUT2D eigenvalue weighted by Crippen LogP contribution is -2.13. The van der Waals surface area contributed by atoms with E-state index in [2.05, 4.69) is 39.0 Å². The Balaban J connectivity index is 2.31. The first kappa shape index (κ1) is 12.5. The lowest BCUT2D eigenvalue weighted by Gasteiger charge is -2.26. The molecule has 2 N–H and O–H groups in total. The van der Waals surface area contributed by atoms with Gasteiger partial charge in [-0.05, 0) is 47.4 Å². The molecular weight excluding hydrogens is 206 g/mol. The van der Waals surface area contributed by atoms with Gasteiger partial charge >= 0.3 is 0 Å². The highest BCUT2D eigenvalue weighted by atomic mass is 14.5. The van der Waals surface area contributed by atoms with Crippen LogP contribution in [0.25, 0.3) is 0 Å². The van der Waals surface area contributed by atoms with Crippen LogP contribution < -0.4 is 5.73 Å². The van der Waals surface area contributed by atoms with Gasteiger partial charge in [-0.2, -0.15) is 0 Å². The molecule has 0 saturated heterocycles. The summed E-state index contributed by atoms with van der Waals surface area (Å²) < 4.78 is 0. The molecule has 94 valence electrons. The molecule has 0 atom stereocenters. The van der Waals surface area contributed by atoms with Crippen LogP contribution in [0.15, 0.2) is 18.2 Å². The highest BCUT2D eigenvalue weighted by Crippen LogP contribution is 2.35. The molecule has 0 spiro atoms. The summed E-state index contributed by atoms with van der Waals surface area (Å²) in [4.78, 5) is 0. The van der Waals surface area contributed by atoms with E-state index in [4.69, 9.17) is 5.73 Å². The summed E-state index contributed by atoms with van der Waals surface area (Å²) in [5, 5.41) is 0. The van der Waals surface area contributed by atoms with E-state index < -0.39 is 0 Å². The Bertz CT molecular complexity index is 381. The number of benzene rings is 1. The molecule has 1 aliphatic rings. The first-order valence-electron chi connectivity index (χ1n) is 6.88. The van der Waals surface area contributed by atoms with Crippen LogP contribution in [0.3, 0.4) is 0 Å². The zero-order valence-corrected chi connectivity index (χ0v) is 11.4. The van der Waals surface area contributed by atoms with E-state index in [-0.39, 0.29) is 5.41 Å². The second-order valence-electron chi connectivity index (χ2n) is 6.47. The minimum atomic E-state index is 0.193. The van der Waals surface area contributed by atoms with Crippen LogP contribution in [0.2, 0.25) is 0 Å². The van der Waals surface area contributed by atoms with Gasteiger partial charge in [0.05, 0.1) is 0 Å². The largest absolute Gasteiger partial charge is 0.399 e. The van der Waals surface area contributed by atoms with Crippen LogP contribution in [0.1, 0.15) is 69.9 Å². The third-order valence-corrected chi connectivity index (χ3v) is 3.92. The first-order valence-corrected chi connectivity index (χ1v) is 6.88. The monoisotopic (exact) mass is 231 g/mol. The molecule has 0 aromatic heterocycles. The molecule has 1 fully saturated rings. The van der Waals surface area contributed by atoms with Gasteiger partial charge in [0.1, 0.15) is 0 Å². The third kappa shape index (κ3) is 3.02. The van der Waals surface area contributed by atoms with Gasteiger partial charge in [-0.1, -0.05) is 46.1 Å². The SMILES string of the molecule is CC(C)(C)c1cc(N)cc(C2CCCCC2)c1. The van der Waals surface area contributed by atoms with E-state index in [0.717, 1.165) is 11.6 Å². The van der Waals surface area contributed by atoms with Crippen LogP contribution in [-0.4, -0.2) is 0 Å². The molecule has 1 nitrogen and oxygen atoms in total. The van der Waals surface area contributed by atoms with Gasteiger partial charge in [-0.15, -0.1) is 0 Å². The summed E-state index contributed by atoms with van der Waals surface area (Å²) in [5.74, 6) is 0.744. The van der Waals surface area contributed by atoms with Gasteiger partial charge in [0.2, 0.25) is 0 Å². The van der Waals surface area contributed by atoms with Gasteiger partial charge in [-0.25, -0.2) is 0 Å². The fourth-order valence-corrected chi connectivity index (χ4v) is 2.78. The Morgan fingerprint density at radius 2 is 1.65 bits per heavy atom. The van der Waals surface area contributed by atoms with Crippen molar-refractivity contribution >= 4 is 5.69 Å². The Morgan fingerprint density at radius 1 is 1.00 bits per heavy atom. The van der Waals surface area contributed by atoms with Crippen molar-refractivity contribution in [2.75, 3.05) is 5.73 Å². The second-order valence-corrected chi connectivity index (χ2v) is 6.47. The summed E-state index contributed by atoms with van der Waals surface area (Å²) in [6, 6.07) is 6.70. The van der Waals surface area contributed by atoms with E-state index in [0.29, 0.717) is 0 Å². The molecule has 0 amide bonds. The van der Waals surface area contributed by atoms with E-state index in [1.54, 1.807) is 0 Å². The Kier molecular flexibility index (Phi) is 3.46. The minimum Gasteiger partial charge on any atom is -0.399 e. The van der Waals surface area contributed by atoms with Crippen molar-refractivity contribution in [2.45, 2.75) is 64.2 Å². The van der Waals surface area contributed by atoms with E-state index in [1.807, 2.05) is 0 Å². The van der Waals surface area contributed by atoms with Gasteiger partial charge in [-0.3, -0.25) is 0 Å². The Labute approximate surface area is 105 Å². The van der Waals surface area contributed by atoms with Crippen LogP contribution in [0, 0.1) is 0 Å². The van der Waals surface area contributed by atoms with Gasteiger partial charge < -0.3 is 5.73 Å². The molecule has 1 aromatic carbocycles. The van der Waals surface area contributed by atoms with Crippen LogP contribution >= 0.6 is 0 Å². The topological polar surface area (TPSA) is 26.0 Å². The minimum absolute atomic E-state index is 0.193. The molecule has 0 heterocycles. The Hall–Kier alpha value is -0.980. The second kappa shape index (κ2) is 4.72. The molecule has 1 aliphatic carbocycles. The molecule has 0 unspecified atom stereocenters. The number of anilines is 1. The molecule has 1 saturated carbocycles. The molecule has 1 heteroatoms. The summed E-state index contributed by atoms with van der Waals surface area (Å²) in [6.45, 7) is 6.77. The highest BCUT2D eigenvalue weighted by Gasteiger charge is 2.19. The highest BCUT2D eigenvalue weighted by molar-refractivity contribution is 5.47. The maximum Gasteiger partial charge on any atom is 0.0319 e. The number of hydrogen-bond donors (Lipinski definition) is 1. The van der Waals surface area contributed by atoms with Crippen molar-refractivity contribution < 1.29 is 0 Å². The summed E-state index contributed by atoms with van der Waals surface area (Å²) in [5.41, 5.74) is 10.0. The van der Waals surface area contributed by atoms with Crippen LogP contribution in [0.4, 0.5) is 5.69 Å².